The topological polar surface area (TPSA) is 41.6 Å². The summed E-state index contributed by atoms with van der Waals surface area (Å²) < 4.78 is 0. The average Bonchev–Trinajstić information content (AvgIpc) is 2.62. The van der Waals surface area contributed by atoms with Crippen LogP contribution in [0.3, 0.4) is 0 Å². The summed E-state index contributed by atoms with van der Waals surface area (Å²) in [6.07, 6.45) is 3.50. The highest BCUT2D eigenvalue weighted by atomic mass is 15.3. The maximum Gasteiger partial charge on any atom is 0.0859 e. The van der Waals surface area contributed by atoms with Gasteiger partial charge in [-0.3, -0.25) is 0 Å². The highest BCUT2D eigenvalue weighted by molar-refractivity contribution is 5.13. The molecule has 0 bridgehead atoms. The van der Waals surface area contributed by atoms with Crippen LogP contribution in [0.1, 0.15) is 38.6 Å². The van der Waals surface area contributed by atoms with Gasteiger partial charge in [-0.05, 0) is 37.0 Å². The zero-order chi connectivity index (χ0) is 10.1. The summed E-state index contributed by atoms with van der Waals surface area (Å²) in [5, 5.41) is 11.1. The van der Waals surface area contributed by atoms with E-state index < -0.39 is 0 Å². The third-order valence-electron chi connectivity index (χ3n) is 3.71. The molecule has 1 aliphatic rings. The van der Waals surface area contributed by atoms with Crippen molar-refractivity contribution in [2.75, 3.05) is 0 Å². The van der Waals surface area contributed by atoms with E-state index in [-0.39, 0.29) is 0 Å². The van der Waals surface area contributed by atoms with Gasteiger partial charge in [0.2, 0.25) is 0 Å². The molecule has 0 spiro atoms. The molecule has 3 heteroatoms. The Morgan fingerprint density at radius 1 is 1.21 bits per heavy atom. The van der Waals surface area contributed by atoms with Gasteiger partial charge in [0.05, 0.1) is 11.4 Å². The number of aromatic amines is 1. The van der Waals surface area contributed by atoms with E-state index in [1.54, 1.807) is 0 Å². The van der Waals surface area contributed by atoms with E-state index in [9.17, 15) is 0 Å². The normalized spacial score (nSPS) is 23.6. The van der Waals surface area contributed by atoms with Crippen molar-refractivity contribution in [1.82, 2.24) is 15.4 Å². The van der Waals surface area contributed by atoms with E-state index >= 15 is 0 Å². The van der Waals surface area contributed by atoms with Gasteiger partial charge >= 0.3 is 0 Å². The zero-order valence-electron chi connectivity index (χ0n) is 9.25. The molecule has 2 rings (SSSR count). The van der Waals surface area contributed by atoms with Crippen LogP contribution in [0, 0.1) is 17.8 Å². The minimum Gasteiger partial charge on any atom is -0.197 e. The summed E-state index contributed by atoms with van der Waals surface area (Å²) in [4.78, 5) is 0. The molecule has 1 aromatic heterocycles. The molecule has 0 aromatic carbocycles. The number of nitrogens with one attached hydrogen (secondary N) is 1. The van der Waals surface area contributed by atoms with Crippen molar-refractivity contribution in [1.29, 1.82) is 0 Å². The van der Waals surface area contributed by atoms with E-state index in [4.69, 9.17) is 0 Å². The Hall–Kier alpha value is -0.860. The molecular formula is C11H19N3. The molecule has 14 heavy (non-hydrogen) atoms. The number of nitrogens with zero attached hydrogens (tertiary/aromatic N) is 2. The lowest BCUT2D eigenvalue weighted by molar-refractivity contribution is 0.249. The first-order valence-electron chi connectivity index (χ1n) is 5.57. The average molecular weight is 193 g/mol. The Labute approximate surface area is 85.3 Å². The number of H-pyrrole nitrogens is 1. The predicted octanol–water partition coefficient (Wildman–Crippen LogP) is 2.20. The first-order chi connectivity index (χ1) is 6.68. The molecule has 0 amide bonds. The van der Waals surface area contributed by atoms with Gasteiger partial charge in [0.1, 0.15) is 0 Å². The van der Waals surface area contributed by atoms with E-state index in [1.807, 2.05) is 0 Å². The van der Waals surface area contributed by atoms with Crippen LogP contribution in [-0.4, -0.2) is 15.4 Å². The molecule has 0 aliphatic heterocycles. The molecule has 0 saturated carbocycles. The molecule has 78 valence electrons. The molecular weight excluding hydrogens is 174 g/mol. The SMILES string of the molecule is CC(C)[C@@H](C)C1CCc2n[nH]nc2C1. The lowest BCUT2D eigenvalue weighted by atomic mass is 9.76. The third-order valence-corrected chi connectivity index (χ3v) is 3.71. The number of fused-ring (bicyclic) bond motifs is 1. The smallest absolute Gasteiger partial charge is 0.0859 e. The molecule has 1 unspecified atom stereocenters. The summed E-state index contributed by atoms with van der Waals surface area (Å²) in [7, 11) is 0. The van der Waals surface area contributed by atoms with Crippen LogP contribution in [0.15, 0.2) is 0 Å². The Bertz CT molecular complexity index is 303. The summed E-state index contributed by atoms with van der Waals surface area (Å²) in [5.74, 6) is 2.36. The fourth-order valence-electron chi connectivity index (χ4n) is 2.30. The predicted molar refractivity (Wildman–Crippen MR) is 55.9 cm³/mol. The Kier molecular flexibility index (Phi) is 2.57. The largest absolute Gasteiger partial charge is 0.197 e. The van der Waals surface area contributed by atoms with Gasteiger partial charge < -0.3 is 0 Å². The first kappa shape index (κ1) is 9.69. The van der Waals surface area contributed by atoms with Crippen molar-refractivity contribution in [3.63, 3.8) is 0 Å². The van der Waals surface area contributed by atoms with Crippen LogP contribution in [0.5, 0.6) is 0 Å². The summed E-state index contributed by atoms with van der Waals surface area (Å²) >= 11 is 0. The fraction of sp³-hybridized carbons (Fsp3) is 0.818. The van der Waals surface area contributed by atoms with Gasteiger partial charge in [0.15, 0.2) is 0 Å². The second-order valence-corrected chi connectivity index (χ2v) is 4.82. The number of rotatable bonds is 2. The second kappa shape index (κ2) is 3.71. The second-order valence-electron chi connectivity index (χ2n) is 4.82. The number of hydrogen-bond acceptors (Lipinski definition) is 2. The summed E-state index contributed by atoms with van der Waals surface area (Å²) in [5.41, 5.74) is 2.39. The number of aryl methyl sites for hydroxylation is 1. The minimum absolute atomic E-state index is 0.772. The van der Waals surface area contributed by atoms with E-state index in [0.29, 0.717) is 0 Å². The van der Waals surface area contributed by atoms with Crippen LogP contribution in [0.25, 0.3) is 0 Å². The van der Waals surface area contributed by atoms with Gasteiger partial charge in [-0.2, -0.15) is 15.4 Å². The Morgan fingerprint density at radius 3 is 2.64 bits per heavy atom. The lowest BCUT2D eigenvalue weighted by Crippen LogP contribution is -2.24. The summed E-state index contributed by atoms with van der Waals surface area (Å²) in [6, 6.07) is 0. The minimum atomic E-state index is 0.772. The van der Waals surface area contributed by atoms with Gasteiger partial charge in [-0.1, -0.05) is 20.8 Å². The molecule has 1 heterocycles. The molecule has 0 saturated heterocycles. The summed E-state index contributed by atoms with van der Waals surface area (Å²) in [6.45, 7) is 6.98. The van der Waals surface area contributed by atoms with Crippen molar-refractivity contribution < 1.29 is 0 Å². The molecule has 3 nitrogen and oxygen atoms in total. The van der Waals surface area contributed by atoms with Crippen molar-refractivity contribution >= 4 is 0 Å². The first-order valence-corrected chi connectivity index (χ1v) is 5.57. The molecule has 1 aliphatic carbocycles. The maximum absolute atomic E-state index is 4.21. The highest BCUT2D eigenvalue weighted by Crippen LogP contribution is 2.31. The third kappa shape index (κ3) is 1.68. The van der Waals surface area contributed by atoms with Crippen molar-refractivity contribution in [2.45, 2.75) is 40.0 Å². The Morgan fingerprint density at radius 2 is 1.93 bits per heavy atom. The Balaban J connectivity index is 2.07. The lowest BCUT2D eigenvalue weighted by Gasteiger charge is -2.29. The van der Waals surface area contributed by atoms with Crippen LogP contribution in [0.2, 0.25) is 0 Å². The molecule has 2 atom stereocenters. The van der Waals surface area contributed by atoms with Crippen molar-refractivity contribution in [2.24, 2.45) is 17.8 Å². The molecule has 1 aromatic rings. The van der Waals surface area contributed by atoms with E-state index in [2.05, 4.69) is 36.2 Å². The number of aromatic nitrogens is 3. The van der Waals surface area contributed by atoms with Crippen molar-refractivity contribution in [3.05, 3.63) is 11.4 Å². The zero-order valence-corrected chi connectivity index (χ0v) is 9.25. The van der Waals surface area contributed by atoms with Gasteiger partial charge in [-0.25, -0.2) is 0 Å². The van der Waals surface area contributed by atoms with E-state index in [0.717, 1.165) is 30.6 Å². The maximum atomic E-state index is 4.21. The van der Waals surface area contributed by atoms with E-state index in [1.165, 1.54) is 17.8 Å². The molecule has 0 fully saturated rings. The quantitative estimate of drug-likeness (QED) is 0.782. The molecule has 0 radical (unpaired) electrons. The van der Waals surface area contributed by atoms with Crippen LogP contribution >= 0.6 is 0 Å². The fourth-order valence-corrected chi connectivity index (χ4v) is 2.30. The van der Waals surface area contributed by atoms with Gasteiger partial charge in [-0.15, -0.1) is 0 Å². The monoisotopic (exact) mass is 193 g/mol. The molecule has 1 N–H and O–H groups in total. The van der Waals surface area contributed by atoms with Crippen LogP contribution in [0.4, 0.5) is 0 Å². The van der Waals surface area contributed by atoms with Gasteiger partial charge in [0, 0.05) is 0 Å². The van der Waals surface area contributed by atoms with Crippen LogP contribution in [-0.2, 0) is 12.8 Å². The standard InChI is InChI=1S/C11H19N3/c1-7(2)8(3)9-4-5-10-11(6-9)13-14-12-10/h7-9H,4-6H2,1-3H3,(H,12,13,14)/t8-,9?/m1/s1. The van der Waals surface area contributed by atoms with Gasteiger partial charge in [0.25, 0.3) is 0 Å². The van der Waals surface area contributed by atoms with Crippen molar-refractivity contribution in [3.8, 4) is 0 Å². The number of hydrogen-bond donors (Lipinski definition) is 1. The van der Waals surface area contributed by atoms with Crippen LogP contribution < -0.4 is 0 Å². The highest BCUT2D eigenvalue weighted by Gasteiger charge is 2.27.